The van der Waals surface area contributed by atoms with Gasteiger partial charge in [0.25, 0.3) is 5.91 Å². The second kappa shape index (κ2) is 8.52. The van der Waals surface area contributed by atoms with Crippen molar-refractivity contribution in [3.8, 4) is 5.75 Å². The summed E-state index contributed by atoms with van der Waals surface area (Å²) < 4.78 is 5.51. The van der Waals surface area contributed by atoms with Crippen LogP contribution in [-0.2, 0) is 9.59 Å². The molecule has 0 aliphatic heterocycles. The highest BCUT2D eigenvalue weighted by Gasteiger charge is 2.16. The van der Waals surface area contributed by atoms with Crippen LogP contribution >= 0.6 is 11.6 Å². The Balaban J connectivity index is 2.36. The van der Waals surface area contributed by atoms with Gasteiger partial charge in [-0.05, 0) is 51.0 Å². The average molecular weight is 314 g/mol. The van der Waals surface area contributed by atoms with Gasteiger partial charge in [0.05, 0.1) is 0 Å². The van der Waals surface area contributed by atoms with E-state index in [4.69, 9.17) is 21.4 Å². The van der Waals surface area contributed by atoms with Crippen LogP contribution in [0.25, 0.3) is 0 Å². The quantitative estimate of drug-likeness (QED) is 0.774. The van der Waals surface area contributed by atoms with Crippen LogP contribution in [0.1, 0.15) is 33.1 Å². The molecule has 0 aliphatic carbocycles. The number of rotatable bonds is 8. The Morgan fingerprint density at radius 2 is 1.90 bits per heavy atom. The van der Waals surface area contributed by atoms with Gasteiger partial charge >= 0.3 is 5.97 Å². The van der Waals surface area contributed by atoms with Gasteiger partial charge in [0.2, 0.25) is 0 Å². The maximum atomic E-state index is 11.9. The van der Waals surface area contributed by atoms with Gasteiger partial charge in [-0.2, -0.15) is 0 Å². The summed E-state index contributed by atoms with van der Waals surface area (Å²) in [7, 11) is 0. The summed E-state index contributed by atoms with van der Waals surface area (Å²) in [6.45, 7) is 3.50. The summed E-state index contributed by atoms with van der Waals surface area (Å²) in [5.41, 5.74) is 0. The molecular weight excluding hydrogens is 294 g/mol. The van der Waals surface area contributed by atoms with Crippen molar-refractivity contribution in [1.82, 2.24) is 5.32 Å². The summed E-state index contributed by atoms with van der Waals surface area (Å²) in [6, 6.07) is 6.68. The number of halogens is 1. The van der Waals surface area contributed by atoms with Gasteiger partial charge in [-0.25, -0.2) is 0 Å². The van der Waals surface area contributed by atoms with E-state index in [1.165, 1.54) is 0 Å². The minimum atomic E-state index is -0.826. The molecule has 0 saturated heterocycles. The molecule has 1 aromatic rings. The number of carboxylic acid groups (broad SMARTS) is 1. The first-order chi connectivity index (χ1) is 9.88. The fourth-order valence-electron chi connectivity index (χ4n) is 1.76. The second-order valence-corrected chi connectivity index (χ2v) is 5.35. The van der Waals surface area contributed by atoms with Crippen LogP contribution in [0.4, 0.5) is 0 Å². The third-order valence-corrected chi connectivity index (χ3v) is 3.16. The molecule has 0 fully saturated rings. The predicted octanol–water partition coefficient (Wildman–Crippen LogP) is 2.87. The highest BCUT2D eigenvalue weighted by Crippen LogP contribution is 2.16. The van der Waals surface area contributed by atoms with Gasteiger partial charge < -0.3 is 15.2 Å². The first-order valence-electron chi connectivity index (χ1n) is 6.83. The van der Waals surface area contributed by atoms with Gasteiger partial charge in [0.1, 0.15) is 5.75 Å². The van der Waals surface area contributed by atoms with Gasteiger partial charge in [-0.1, -0.05) is 11.6 Å². The fraction of sp³-hybridized carbons (Fsp3) is 0.467. The van der Waals surface area contributed by atoms with E-state index < -0.39 is 12.1 Å². The lowest BCUT2D eigenvalue weighted by atomic mass is 10.1. The number of benzene rings is 1. The molecule has 21 heavy (non-hydrogen) atoms. The molecule has 1 rings (SSSR count). The Morgan fingerprint density at radius 3 is 2.48 bits per heavy atom. The molecule has 1 aromatic carbocycles. The van der Waals surface area contributed by atoms with E-state index in [9.17, 15) is 9.59 Å². The first kappa shape index (κ1) is 17.3. The number of carbonyl (C=O) groups excluding carboxylic acids is 1. The van der Waals surface area contributed by atoms with Crippen LogP contribution in [0.2, 0.25) is 5.02 Å². The second-order valence-electron chi connectivity index (χ2n) is 4.91. The van der Waals surface area contributed by atoms with Crippen molar-refractivity contribution in [3.63, 3.8) is 0 Å². The van der Waals surface area contributed by atoms with Gasteiger partial charge in [0.15, 0.2) is 6.10 Å². The van der Waals surface area contributed by atoms with E-state index in [1.807, 2.05) is 6.92 Å². The number of nitrogens with one attached hydrogen (secondary N) is 1. The third kappa shape index (κ3) is 6.99. The Labute approximate surface area is 129 Å². The molecule has 0 saturated carbocycles. The molecule has 0 bridgehead atoms. The molecule has 2 unspecified atom stereocenters. The average Bonchev–Trinajstić information content (AvgIpc) is 2.40. The molecule has 0 spiro atoms. The van der Waals surface area contributed by atoms with E-state index in [2.05, 4.69) is 5.32 Å². The lowest BCUT2D eigenvalue weighted by molar-refractivity contribution is -0.137. The summed E-state index contributed by atoms with van der Waals surface area (Å²) in [5, 5.41) is 12.0. The molecule has 0 radical (unpaired) electrons. The highest BCUT2D eigenvalue weighted by atomic mass is 35.5. The van der Waals surface area contributed by atoms with Crippen molar-refractivity contribution in [2.24, 2.45) is 0 Å². The molecule has 5 nitrogen and oxygen atoms in total. The van der Waals surface area contributed by atoms with Crippen molar-refractivity contribution < 1.29 is 19.4 Å². The number of carboxylic acids is 1. The maximum Gasteiger partial charge on any atom is 0.303 e. The van der Waals surface area contributed by atoms with Crippen LogP contribution in [0.15, 0.2) is 24.3 Å². The molecule has 116 valence electrons. The third-order valence-electron chi connectivity index (χ3n) is 2.91. The molecule has 0 heterocycles. The zero-order valence-corrected chi connectivity index (χ0v) is 12.9. The van der Waals surface area contributed by atoms with E-state index in [1.54, 1.807) is 31.2 Å². The molecule has 6 heteroatoms. The molecule has 2 N–H and O–H groups in total. The van der Waals surface area contributed by atoms with Gasteiger partial charge in [-0.3, -0.25) is 9.59 Å². The van der Waals surface area contributed by atoms with Crippen LogP contribution in [0.5, 0.6) is 5.75 Å². The van der Waals surface area contributed by atoms with Crippen molar-refractivity contribution in [3.05, 3.63) is 29.3 Å². The number of carbonyl (C=O) groups is 2. The highest BCUT2D eigenvalue weighted by molar-refractivity contribution is 6.30. The van der Waals surface area contributed by atoms with Crippen LogP contribution in [-0.4, -0.2) is 29.1 Å². The Bertz CT molecular complexity index is 475. The zero-order chi connectivity index (χ0) is 15.8. The maximum absolute atomic E-state index is 11.9. The van der Waals surface area contributed by atoms with Crippen molar-refractivity contribution in [2.45, 2.75) is 45.3 Å². The smallest absolute Gasteiger partial charge is 0.303 e. The SMILES string of the molecule is CC(CCCC(=O)O)NC(=O)C(C)Oc1ccc(Cl)cc1. The van der Waals surface area contributed by atoms with Crippen LogP contribution < -0.4 is 10.1 Å². The molecule has 0 aromatic heterocycles. The lowest BCUT2D eigenvalue weighted by Gasteiger charge is -2.18. The van der Waals surface area contributed by atoms with Gasteiger partial charge in [-0.15, -0.1) is 0 Å². The van der Waals surface area contributed by atoms with Crippen LogP contribution in [0.3, 0.4) is 0 Å². The number of ether oxygens (including phenoxy) is 1. The number of amides is 1. The Hall–Kier alpha value is -1.75. The molecule has 0 aliphatic rings. The largest absolute Gasteiger partial charge is 0.481 e. The Kier molecular flexibility index (Phi) is 7.02. The standard InChI is InChI=1S/C15H20ClNO4/c1-10(4-3-5-14(18)19)17-15(20)11(2)21-13-8-6-12(16)7-9-13/h6-11H,3-5H2,1-2H3,(H,17,20)(H,18,19). The molecular formula is C15H20ClNO4. The van der Waals surface area contributed by atoms with E-state index in [0.29, 0.717) is 23.6 Å². The van der Waals surface area contributed by atoms with Crippen molar-refractivity contribution in [2.75, 3.05) is 0 Å². The van der Waals surface area contributed by atoms with E-state index in [0.717, 1.165) is 0 Å². The molecule has 1 amide bonds. The van der Waals surface area contributed by atoms with E-state index in [-0.39, 0.29) is 18.4 Å². The predicted molar refractivity (Wildman–Crippen MR) is 80.6 cm³/mol. The van der Waals surface area contributed by atoms with Crippen LogP contribution in [0, 0.1) is 0 Å². The van der Waals surface area contributed by atoms with E-state index >= 15 is 0 Å². The summed E-state index contributed by atoms with van der Waals surface area (Å²) >= 11 is 5.77. The molecule has 2 atom stereocenters. The number of hydrogen-bond donors (Lipinski definition) is 2. The minimum absolute atomic E-state index is 0.0897. The van der Waals surface area contributed by atoms with Crippen molar-refractivity contribution in [1.29, 1.82) is 0 Å². The topological polar surface area (TPSA) is 75.6 Å². The van der Waals surface area contributed by atoms with Gasteiger partial charge in [0, 0.05) is 17.5 Å². The Morgan fingerprint density at radius 1 is 1.29 bits per heavy atom. The normalized spacial score (nSPS) is 13.3. The minimum Gasteiger partial charge on any atom is -0.481 e. The summed E-state index contributed by atoms with van der Waals surface area (Å²) in [4.78, 5) is 22.4. The zero-order valence-electron chi connectivity index (χ0n) is 12.1. The summed E-state index contributed by atoms with van der Waals surface area (Å²) in [6.07, 6.45) is 0.625. The number of hydrogen-bond acceptors (Lipinski definition) is 3. The monoisotopic (exact) mass is 313 g/mol. The summed E-state index contributed by atoms with van der Waals surface area (Å²) in [5.74, 6) is -0.485. The first-order valence-corrected chi connectivity index (χ1v) is 7.20. The fourth-order valence-corrected chi connectivity index (χ4v) is 1.89. The lowest BCUT2D eigenvalue weighted by Crippen LogP contribution is -2.41. The number of aliphatic carboxylic acids is 1. The van der Waals surface area contributed by atoms with Crippen molar-refractivity contribution >= 4 is 23.5 Å².